The molecule has 6 heteroatoms. The lowest BCUT2D eigenvalue weighted by Gasteiger charge is -2.08. The van der Waals surface area contributed by atoms with E-state index in [2.05, 4.69) is 15.9 Å². The predicted octanol–water partition coefficient (Wildman–Crippen LogP) is 3.90. The van der Waals surface area contributed by atoms with E-state index in [0.717, 1.165) is 4.47 Å². The lowest BCUT2D eigenvalue weighted by Crippen LogP contribution is -2.14. The Hall–Kier alpha value is -2.44. The summed E-state index contributed by atoms with van der Waals surface area (Å²) in [6.45, 7) is 0. The molecule has 122 valence electrons. The van der Waals surface area contributed by atoms with E-state index < -0.39 is 12.0 Å². The zero-order valence-electron chi connectivity index (χ0n) is 12.5. The molecule has 0 saturated carbocycles. The van der Waals surface area contributed by atoms with Crippen molar-refractivity contribution >= 4 is 38.7 Å². The van der Waals surface area contributed by atoms with E-state index in [0.29, 0.717) is 22.1 Å². The van der Waals surface area contributed by atoms with Crippen molar-refractivity contribution in [2.75, 3.05) is 0 Å². The maximum atomic E-state index is 12.5. The number of aliphatic carboxylic acids is 1. The number of nitrogens with two attached hydrogens (primary N) is 1. The highest BCUT2D eigenvalue weighted by atomic mass is 79.9. The molecule has 1 heterocycles. The van der Waals surface area contributed by atoms with Crippen molar-refractivity contribution in [2.24, 2.45) is 5.73 Å². The Bertz CT molecular complexity index is 914. The van der Waals surface area contributed by atoms with Gasteiger partial charge in [0.2, 0.25) is 5.78 Å². The molecule has 1 atom stereocenters. The highest BCUT2D eigenvalue weighted by Gasteiger charge is 2.16. The highest BCUT2D eigenvalue weighted by molar-refractivity contribution is 9.10. The SMILES string of the molecule is NC(CC(=O)O)c1ccc2oc(C(=O)c3ccc(Br)cc3)cc2c1. The van der Waals surface area contributed by atoms with Crippen LogP contribution in [0.1, 0.15) is 34.1 Å². The molecule has 24 heavy (non-hydrogen) atoms. The topological polar surface area (TPSA) is 93.5 Å². The van der Waals surface area contributed by atoms with E-state index in [1.807, 2.05) is 0 Å². The molecule has 0 radical (unpaired) electrons. The third-order valence-electron chi connectivity index (χ3n) is 3.69. The summed E-state index contributed by atoms with van der Waals surface area (Å²) in [7, 11) is 0. The van der Waals surface area contributed by atoms with Crippen LogP contribution in [0.25, 0.3) is 11.0 Å². The first-order valence-electron chi connectivity index (χ1n) is 7.25. The van der Waals surface area contributed by atoms with E-state index >= 15 is 0 Å². The Morgan fingerprint density at radius 3 is 2.50 bits per heavy atom. The number of carboxylic acid groups (broad SMARTS) is 1. The number of fused-ring (bicyclic) bond motifs is 1. The Kier molecular flexibility index (Phi) is 4.51. The molecule has 1 aromatic heterocycles. The maximum absolute atomic E-state index is 12.5. The minimum Gasteiger partial charge on any atom is -0.481 e. The summed E-state index contributed by atoms with van der Waals surface area (Å²) in [6, 6.07) is 13.2. The number of carbonyl (C=O) groups excluding carboxylic acids is 1. The largest absolute Gasteiger partial charge is 0.481 e. The molecule has 0 aliphatic carbocycles. The third-order valence-corrected chi connectivity index (χ3v) is 4.22. The average Bonchev–Trinajstić information content (AvgIpc) is 2.97. The number of hydrogen-bond acceptors (Lipinski definition) is 4. The number of ketones is 1. The Balaban J connectivity index is 1.92. The van der Waals surface area contributed by atoms with Gasteiger partial charge in [0.25, 0.3) is 0 Å². The Morgan fingerprint density at radius 2 is 1.83 bits per heavy atom. The molecule has 0 aliphatic rings. The molecule has 3 N–H and O–H groups in total. The van der Waals surface area contributed by atoms with Crippen LogP contribution in [-0.4, -0.2) is 16.9 Å². The number of carbonyl (C=O) groups is 2. The molecule has 3 aromatic rings. The van der Waals surface area contributed by atoms with E-state index in [1.54, 1.807) is 48.5 Å². The van der Waals surface area contributed by atoms with Crippen molar-refractivity contribution in [1.29, 1.82) is 0 Å². The van der Waals surface area contributed by atoms with Crippen molar-refractivity contribution in [3.8, 4) is 0 Å². The summed E-state index contributed by atoms with van der Waals surface area (Å²) in [4.78, 5) is 23.3. The molecule has 5 nitrogen and oxygen atoms in total. The molecule has 1 unspecified atom stereocenters. The van der Waals surface area contributed by atoms with Crippen LogP contribution in [0.5, 0.6) is 0 Å². The van der Waals surface area contributed by atoms with Gasteiger partial charge in [-0.1, -0.05) is 22.0 Å². The van der Waals surface area contributed by atoms with Crippen molar-refractivity contribution in [1.82, 2.24) is 0 Å². The second-order valence-corrected chi connectivity index (χ2v) is 6.36. The van der Waals surface area contributed by atoms with Crippen molar-refractivity contribution in [3.63, 3.8) is 0 Å². The normalized spacial score (nSPS) is 12.2. The van der Waals surface area contributed by atoms with Gasteiger partial charge in [-0.3, -0.25) is 9.59 Å². The zero-order chi connectivity index (χ0) is 17.3. The minimum atomic E-state index is -0.958. The van der Waals surface area contributed by atoms with Crippen LogP contribution in [-0.2, 0) is 4.79 Å². The lowest BCUT2D eigenvalue weighted by atomic mass is 10.0. The van der Waals surface area contributed by atoms with Crippen LogP contribution in [0.15, 0.2) is 57.4 Å². The standard InChI is InChI=1S/C18H14BrNO4/c19-13-4-1-10(2-5-13)18(23)16-8-12-7-11(3-6-15(12)24-16)14(20)9-17(21)22/h1-8,14H,9,20H2,(H,21,22). The van der Waals surface area contributed by atoms with Crippen molar-refractivity contribution < 1.29 is 19.1 Å². The Morgan fingerprint density at radius 1 is 1.12 bits per heavy atom. The predicted molar refractivity (Wildman–Crippen MR) is 93.0 cm³/mol. The molecular weight excluding hydrogens is 374 g/mol. The molecule has 0 aliphatic heterocycles. The lowest BCUT2D eigenvalue weighted by molar-refractivity contribution is -0.137. The maximum Gasteiger partial charge on any atom is 0.305 e. The molecule has 0 bridgehead atoms. The van der Waals surface area contributed by atoms with Gasteiger partial charge in [0, 0.05) is 21.5 Å². The molecule has 2 aromatic carbocycles. The van der Waals surface area contributed by atoms with E-state index in [-0.39, 0.29) is 18.0 Å². The second kappa shape index (κ2) is 6.59. The summed E-state index contributed by atoms with van der Waals surface area (Å²) < 4.78 is 6.50. The van der Waals surface area contributed by atoms with E-state index in [4.69, 9.17) is 15.3 Å². The second-order valence-electron chi connectivity index (χ2n) is 5.45. The molecule has 3 rings (SSSR count). The summed E-state index contributed by atoms with van der Waals surface area (Å²) in [5, 5.41) is 9.55. The molecule has 0 saturated heterocycles. The smallest absolute Gasteiger partial charge is 0.305 e. The van der Waals surface area contributed by atoms with Crippen molar-refractivity contribution in [2.45, 2.75) is 12.5 Å². The fourth-order valence-electron chi connectivity index (χ4n) is 2.45. The fraction of sp³-hybridized carbons (Fsp3) is 0.111. The van der Waals surface area contributed by atoms with Gasteiger partial charge in [0.15, 0.2) is 5.76 Å². The zero-order valence-corrected chi connectivity index (χ0v) is 14.1. The van der Waals surface area contributed by atoms with Gasteiger partial charge in [-0.25, -0.2) is 0 Å². The summed E-state index contributed by atoms with van der Waals surface area (Å²) >= 11 is 3.33. The summed E-state index contributed by atoms with van der Waals surface area (Å²) in [5.74, 6) is -0.938. The number of rotatable bonds is 5. The van der Waals surface area contributed by atoms with Gasteiger partial charge in [-0.05, 0) is 48.0 Å². The first-order chi connectivity index (χ1) is 11.4. The van der Waals surface area contributed by atoms with Crippen LogP contribution >= 0.6 is 15.9 Å². The molecule has 0 spiro atoms. The number of carboxylic acids is 1. The third kappa shape index (κ3) is 3.39. The quantitative estimate of drug-likeness (QED) is 0.647. The minimum absolute atomic E-state index is 0.159. The number of hydrogen-bond donors (Lipinski definition) is 2. The van der Waals surface area contributed by atoms with Gasteiger partial charge in [0.05, 0.1) is 6.42 Å². The van der Waals surface area contributed by atoms with Crippen LogP contribution < -0.4 is 5.73 Å². The number of halogens is 1. The number of benzene rings is 2. The van der Waals surface area contributed by atoms with E-state index in [9.17, 15) is 9.59 Å². The fourth-order valence-corrected chi connectivity index (χ4v) is 2.72. The first-order valence-corrected chi connectivity index (χ1v) is 8.04. The monoisotopic (exact) mass is 387 g/mol. The van der Waals surface area contributed by atoms with Crippen molar-refractivity contribution in [3.05, 3.63) is 69.9 Å². The van der Waals surface area contributed by atoms with Gasteiger partial charge < -0.3 is 15.3 Å². The van der Waals surface area contributed by atoms with Crippen LogP contribution in [0.3, 0.4) is 0 Å². The Labute approximate surface area is 146 Å². The summed E-state index contributed by atoms with van der Waals surface area (Å²) in [5.41, 5.74) is 7.65. The van der Waals surface area contributed by atoms with E-state index in [1.165, 1.54) is 0 Å². The van der Waals surface area contributed by atoms with Crippen LogP contribution in [0.2, 0.25) is 0 Å². The summed E-state index contributed by atoms with van der Waals surface area (Å²) in [6.07, 6.45) is -0.159. The van der Waals surface area contributed by atoms with Crippen LogP contribution in [0, 0.1) is 0 Å². The average molecular weight is 388 g/mol. The van der Waals surface area contributed by atoms with Gasteiger partial charge >= 0.3 is 5.97 Å². The molecule has 0 amide bonds. The van der Waals surface area contributed by atoms with Gasteiger partial charge in [-0.2, -0.15) is 0 Å². The first kappa shape index (κ1) is 16.4. The number of furan rings is 1. The molecular formula is C18H14BrNO4. The van der Waals surface area contributed by atoms with Gasteiger partial charge in [0.1, 0.15) is 5.58 Å². The molecule has 0 fully saturated rings. The van der Waals surface area contributed by atoms with Gasteiger partial charge in [-0.15, -0.1) is 0 Å². The van der Waals surface area contributed by atoms with Crippen LogP contribution in [0.4, 0.5) is 0 Å². The highest BCUT2D eigenvalue weighted by Crippen LogP contribution is 2.26.